The summed E-state index contributed by atoms with van der Waals surface area (Å²) in [6, 6.07) is 6.29. The fourth-order valence-electron chi connectivity index (χ4n) is 1.68. The number of ether oxygens (including phenoxy) is 1. The van der Waals surface area contributed by atoms with E-state index >= 15 is 0 Å². The first kappa shape index (κ1) is 13.3. The Bertz CT molecular complexity index is 335. The predicted molar refractivity (Wildman–Crippen MR) is 70.7 cm³/mol. The van der Waals surface area contributed by atoms with Crippen molar-refractivity contribution in [3.63, 3.8) is 0 Å². The van der Waals surface area contributed by atoms with Gasteiger partial charge < -0.3 is 9.16 Å². The van der Waals surface area contributed by atoms with Crippen LogP contribution in [0.1, 0.15) is 30.9 Å². The number of hydrogen-bond acceptors (Lipinski definition) is 2. The summed E-state index contributed by atoms with van der Waals surface area (Å²) in [6.45, 7) is 9.39. The minimum Gasteiger partial charge on any atom is -0.496 e. The Balaban J connectivity index is 2.95. The molecule has 0 spiro atoms. The molecule has 2 nitrogen and oxygen atoms in total. The van der Waals surface area contributed by atoms with Crippen LogP contribution >= 0.6 is 0 Å². The molecule has 90 valence electrons. The maximum atomic E-state index is 5.76. The number of methoxy groups -OCH3 is 1. The normalized spacial score (nSPS) is 11.2. The minimum absolute atomic E-state index is 0.478. The maximum Gasteiger partial charge on any atom is 0.171 e. The first-order valence-corrected chi connectivity index (χ1v) is 8.61. The van der Waals surface area contributed by atoms with Gasteiger partial charge in [0.15, 0.2) is 9.04 Å². The molecule has 0 saturated carbocycles. The van der Waals surface area contributed by atoms with E-state index in [4.69, 9.17) is 9.16 Å². The van der Waals surface area contributed by atoms with Crippen molar-refractivity contribution in [1.29, 1.82) is 0 Å². The third-order valence-electron chi connectivity index (χ3n) is 2.53. The topological polar surface area (TPSA) is 18.5 Å². The molecule has 0 atom stereocenters. The van der Waals surface area contributed by atoms with Crippen molar-refractivity contribution in [2.45, 2.75) is 39.5 Å². The largest absolute Gasteiger partial charge is 0.496 e. The third-order valence-corrected chi connectivity index (χ3v) is 3.36. The first-order chi connectivity index (χ1) is 7.56. The van der Waals surface area contributed by atoms with E-state index in [1.165, 1.54) is 5.56 Å². The molecule has 0 radical (unpaired) electrons. The number of benzene rings is 1. The van der Waals surface area contributed by atoms with E-state index in [1.54, 1.807) is 7.11 Å². The molecule has 1 rings (SSSR count). The van der Waals surface area contributed by atoms with E-state index in [-0.39, 0.29) is 0 Å². The molecule has 0 aliphatic rings. The number of para-hydroxylation sites is 1. The summed E-state index contributed by atoms with van der Waals surface area (Å²) in [4.78, 5) is 0. The summed E-state index contributed by atoms with van der Waals surface area (Å²) in [5, 5.41) is 0. The van der Waals surface area contributed by atoms with Crippen LogP contribution in [0.4, 0.5) is 0 Å². The zero-order chi connectivity index (χ0) is 12.1. The molecule has 16 heavy (non-hydrogen) atoms. The highest BCUT2D eigenvalue weighted by Crippen LogP contribution is 2.30. The lowest BCUT2D eigenvalue weighted by atomic mass is 9.99. The maximum absolute atomic E-state index is 5.76. The molecule has 1 aromatic rings. The molecule has 0 saturated heterocycles. The molecule has 0 bridgehead atoms. The Hall–Kier alpha value is -0.803. The van der Waals surface area contributed by atoms with Gasteiger partial charge in [-0.2, -0.15) is 0 Å². The van der Waals surface area contributed by atoms with Crippen LogP contribution in [-0.2, 0) is 11.0 Å². The molecule has 0 aromatic heterocycles. The van der Waals surface area contributed by atoms with Crippen LogP contribution in [0.15, 0.2) is 18.2 Å². The lowest BCUT2D eigenvalue weighted by molar-refractivity contribution is 0.302. The quantitative estimate of drug-likeness (QED) is 0.733. The molecule has 3 heteroatoms. The zero-order valence-corrected chi connectivity index (χ0v) is 12.1. The standard InChI is InChI=1S/C13H22O2Si/c1-10(2)12-8-6-7-11(13(12)14-3)9-15-16(4)5/h6-8,10,16H,9H2,1-5H3. The Kier molecular flexibility index (Phi) is 5.02. The second-order valence-corrected chi connectivity index (χ2v) is 6.98. The molecular weight excluding hydrogens is 216 g/mol. The average Bonchev–Trinajstić information content (AvgIpc) is 2.25. The zero-order valence-electron chi connectivity index (χ0n) is 10.9. The van der Waals surface area contributed by atoms with E-state index in [0.717, 1.165) is 11.3 Å². The summed E-state index contributed by atoms with van der Waals surface area (Å²) in [5.41, 5.74) is 2.42. The first-order valence-electron chi connectivity index (χ1n) is 5.83. The van der Waals surface area contributed by atoms with Gasteiger partial charge in [0.1, 0.15) is 5.75 Å². The van der Waals surface area contributed by atoms with Crippen molar-refractivity contribution in [1.82, 2.24) is 0 Å². The van der Waals surface area contributed by atoms with Crippen LogP contribution < -0.4 is 4.74 Å². The van der Waals surface area contributed by atoms with E-state index in [9.17, 15) is 0 Å². The predicted octanol–water partition coefficient (Wildman–Crippen LogP) is 3.32. The van der Waals surface area contributed by atoms with Crippen LogP contribution in [0, 0.1) is 0 Å². The van der Waals surface area contributed by atoms with Crippen LogP contribution in [0.3, 0.4) is 0 Å². The summed E-state index contributed by atoms with van der Waals surface area (Å²) in [7, 11) is 0.766. The molecule has 0 unspecified atom stereocenters. The van der Waals surface area contributed by atoms with Crippen molar-refractivity contribution in [3.05, 3.63) is 29.3 Å². The third kappa shape index (κ3) is 3.35. The SMILES string of the molecule is COc1c(CO[SiH](C)C)cccc1C(C)C. The van der Waals surface area contributed by atoms with Crippen molar-refractivity contribution >= 4 is 9.04 Å². The number of hydrogen-bond donors (Lipinski definition) is 0. The van der Waals surface area contributed by atoms with Gasteiger partial charge in [-0.3, -0.25) is 0 Å². The molecule has 0 N–H and O–H groups in total. The Labute approximate surface area is 100 Å². The van der Waals surface area contributed by atoms with Crippen LogP contribution in [-0.4, -0.2) is 16.2 Å². The van der Waals surface area contributed by atoms with Crippen molar-refractivity contribution in [3.8, 4) is 5.75 Å². The Morgan fingerprint density at radius 2 is 1.94 bits per heavy atom. The van der Waals surface area contributed by atoms with Crippen LogP contribution in [0.5, 0.6) is 5.75 Å². The van der Waals surface area contributed by atoms with Gasteiger partial charge in [-0.15, -0.1) is 0 Å². The van der Waals surface area contributed by atoms with E-state index in [0.29, 0.717) is 12.5 Å². The molecule has 1 aromatic carbocycles. The highest BCUT2D eigenvalue weighted by atomic mass is 28.3. The lowest BCUT2D eigenvalue weighted by Crippen LogP contribution is -2.08. The average molecular weight is 238 g/mol. The highest BCUT2D eigenvalue weighted by molar-refractivity contribution is 6.48. The highest BCUT2D eigenvalue weighted by Gasteiger charge is 2.11. The van der Waals surface area contributed by atoms with Crippen LogP contribution in [0.2, 0.25) is 13.1 Å². The van der Waals surface area contributed by atoms with Gasteiger partial charge in [0.05, 0.1) is 13.7 Å². The van der Waals surface area contributed by atoms with Gasteiger partial charge in [-0.25, -0.2) is 0 Å². The lowest BCUT2D eigenvalue weighted by Gasteiger charge is -2.16. The van der Waals surface area contributed by atoms with E-state index in [2.05, 4.69) is 45.1 Å². The smallest absolute Gasteiger partial charge is 0.171 e. The van der Waals surface area contributed by atoms with Gasteiger partial charge >= 0.3 is 0 Å². The summed E-state index contributed by atoms with van der Waals surface area (Å²) in [5.74, 6) is 1.47. The fraction of sp³-hybridized carbons (Fsp3) is 0.538. The molecule has 0 fully saturated rings. The Morgan fingerprint density at radius 1 is 1.25 bits per heavy atom. The van der Waals surface area contributed by atoms with Crippen LogP contribution in [0.25, 0.3) is 0 Å². The van der Waals surface area contributed by atoms with Crippen molar-refractivity contribution < 1.29 is 9.16 Å². The van der Waals surface area contributed by atoms with E-state index in [1.807, 2.05) is 0 Å². The number of rotatable bonds is 5. The monoisotopic (exact) mass is 238 g/mol. The second-order valence-electron chi connectivity index (χ2n) is 4.55. The molecule has 0 amide bonds. The fourth-order valence-corrected chi connectivity index (χ4v) is 2.19. The minimum atomic E-state index is -0.968. The van der Waals surface area contributed by atoms with Gasteiger partial charge in [-0.05, 0) is 24.6 Å². The van der Waals surface area contributed by atoms with Gasteiger partial charge in [0.25, 0.3) is 0 Å². The van der Waals surface area contributed by atoms with Gasteiger partial charge in [0.2, 0.25) is 0 Å². The Morgan fingerprint density at radius 3 is 2.44 bits per heavy atom. The summed E-state index contributed by atoms with van der Waals surface area (Å²) in [6.07, 6.45) is 0. The summed E-state index contributed by atoms with van der Waals surface area (Å²) >= 11 is 0. The van der Waals surface area contributed by atoms with Crippen molar-refractivity contribution in [2.24, 2.45) is 0 Å². The molecular formula is C13H22O2Si. The van der Waals surface area contributed by atoms with Gasteiger partial charge in [0, 0.05) is 5.56 Å². The van der Waals surface area contributed by atoms with Crippen molar-refractivity contribution in [2.75, 3.05) is 7.11 Å². The van der Waals surface area contributed by atoms with Gasteiger partial charge in [-0.1, -0.05) is 32.0 Å². The summed E-state index contributed by atoms with van der Waals surface area (Å²) < 4.78 is 11.3. The molecule has 0 aliphatic carbocycles. The molecule has 0 heterocycles. The molecule has 0 aliphatic heterocycles. The van der Waals surface area contributed by atoms with E-state index < -0.39 is 9.04 Å². The second kappa shape index (κ2) is 6.06.